The average molecular weight is 348 g/mol. The van der Waals surface area contributed by atoms with E-state index in [1.807, 2.05) is 12.2 Å². The summed E-state index contributed by atoms with van der Waals surface area (Å²) in [4.78, 5) is 16.7. The van der Waals surface area contributed by atoms with Crippen molar-refractivity contribution in [1.82, 2.24) is 10.2 Å². The van der Waals surface area contributed by atoms with Crippen LogP contribution < -0.4 is 15.5 Å². The van der Waals surface area contributed by atoms with Crippen LogP contribution in [-0.4, -0.2) is 61.9 Å². The predicted octanol–water partition coefficient (Wildman–Crippen LogP) is 1.64. The molecule has 1 saturated heterocycles. The smallest absolute Gasteiger partial charge is 0.319 e. The van der Waals surface area contributed by atoms with E-state index < -0.39 is 0 Å². The summed E-state index contributed by atoms with van der Waals surface area (Å²) in [6.45, 7) is 3.61. The van der Waals surface area contributed by atoms with Crippen molar-refractivity contribution >= 4 is 17.4 Å². The number of hydrogen-bond acceptors (Lipinski definition) is 4. The van der Waals surface area contributed by atoms with Crippen LogP contribution in [0.3, 0.4) is 0 Å². The standard InChI is InChI=1S/C18H25FN4O2/c1-22-6-8-23(9-7-22)17-5-3-14(19)11-16(17)21-18(25)20-15-4-2-13(10-15)12-24/h2-5,11,13,15,24H,6-10,12H2,1H3,(H2,20,21,25)/t13-,15+/m0/s1. The van der Waals surface area contributed by atoms with E-state index in [1.54, 1.807) is 6.07 Å². The van der Waals surface area contributed by atoms with Gasteiger partial charge in [-0.3, -0.25) is 0 Å². The van der Waals surface area contributed by atoms with Crippen LogP contribution in [0.4, 0.5) is 20.6 Å². The SMILES string of the molecule is CN1CCN(c2ccc(F)cc2NC(=O)N[C@@H]2C=C[C@H](CO)C2)CC1. The molecule has 1 aromatic rings. The topological polar surface area (TPSA) is 67.8 Å². The van der Waals surface area contributed by atoms with Crippen molar-refractivity contribution < 1.29 is 14.3 Å². The van der Waals surface area contributed by atoms with Gasteiger partial charge in [0.15, 0.2) is 0 Å². The Labute approximate surface area is 147 Å². The van der Waals surface area contributed by atoms with E-state index in [2.05, 4.69) is 27.5 Å². The quantitative estimate of drug-likeness (QED) is 0.724. The Hall–Kier alpha value is -2.12. The molecule has 3 rings (SSSR count). The van der Waals surface area contributed by atoms with Crippen molar-refractivity contribution in [2.24, 2.45) is 5.92 Å². The zero-order valence-electron chi connectivity index (χ0n) is 14.4. The number of nitrogens with one attached hydrogen (secondary N) is 2. The Morgan fingerprint density at radius 1 is 1.28 bits per heavy atom. The minimum atomic E-state index is -0.380. The van der Waals surface area contributed by atoms with Crippen molar-refractivity contribution in [2.75, 3.05) is 50.1 Å². The number of anilines is 2. The van der Waals surface area contributed by atoms with E-state index >= 15 is 0 Å². The van der Waals surface area contributed by atoms with Gasteiger partial charge in [-0.15, -0.1) is 0 Å². The maximum absolute atomic E-state index is 13.7. The molecule has 1 heterocycles. The Morgan fingerprint density at radius 2 is 2.04 bits per heavy atom. The first-order chi connectivity index (χ1) is 12.0. The average Bonchev–Trinajstić information content (AvgIpc) is 3.03. The van der Waals surface area contributed by atoms with E-state index in [-0.39, 0.29) is 30.4 Å². The summed E-state index contributed by atoms with van der Waals surface area (Å²) in [5.74, 6) is -0.297. The second kappa shape index (κ2) is 7.84. The maximum Gasteiger partial charge on any atom is 0.319 e. The van der Waals surface area contributed by atoms with Crippen LogP contribution in [0.2, 0.25) is 0 Å². The number of amides is 2. The molecule has 1 aliphatic carbocycles. The summed E-state index contributed by atoms with van der Waals surface area (Å²) in [6, 6.07) is 4.01. The number of likely N-dealkylation sites (N-methyl/N-ethyl adjacent to an activating group) is 1. The number of piperazine rings is 1. The molecule has 2 aliphatic rings. The van der Waals surface area contributed by atoms with Crippen LogP contribution in [0, 0.1) is 11.7 Å². The van der Waals surface area contributed by atoms with Crippen molar-refractivity contribution in [1.29, 1.82) is 0 Å². The van der Waals surface area contributed by atoms with Crippen LogP contribution >= 0.6 is 0 Å². The molecule has 25 heavy (non-hydrogen) atoms. The monoisotopic (exact) mass is 348 g/mol. The highest BCUT2D eigenvalue weighted by atomic mass is 19.1. The summed E-state index contributed by atoms with van der Waals surface area (Å²) in [5.41, 5.74) is 1.31. The largest absolute Gasteiger partial charge is 0.396 e. The summed E-state index contributed by atoms with van der Waals surface area (Å²) in [7, 11) is 2.07. The third kappa shape index (κ3) is 4.49. The minimum absolute atomic E-state index is 0.0771. The third-order valence-corrected chi connectivity index (χ3v) is 4.77. The van der Waals surface area contributed by atoms with Gasteiger partial charge >= 0.3 is 6.03 Å². The number of aliphatic hydroxyl groups excluding tert-OH is 1. The van der Waals surface area contributed by atoms with E-state index in [9.17, 15) is 9.18 Å². The normalized spacial score (nSPS) is 23.7. The van der Waals surface area contributed by atoms with Crippen LogP contribution in [0.5, 0.6) is 0 Å². The zero-order valence-corrected chi connectivity index (χ0v) is 14.4. The fourth-order valence-corrected chi connectivity index (χ4v) is 3.28. The molecular weight excluding hydrogens is 323 g/mol. The lowest BCUT2D eigenvalue weighted by atomic mass is 10.1. The van der Waals surface area contributed by atoms with E-state index in [1.165, 1.54) is 12.1 Å². The number of aliphatic hydroxyl groups is 1. The first-order valence-electron chi connectivity index (χ1n) is 8.65. The predicted molar refractivity (Wildman–Crippen MR) is 96.4 cm³/mol. The molecule has 0 saturated carbocycles. The fourth-order valence-electron chi connectivity index (χ4n) is 3.28. The molecule has 1 aromatic carbocycles. The second-order valence-electron chi connectivity index (χ2n) is 6.72. The molecule has 0 unspecified atom stereocenters. The first kappa shape index (κ1) is 17.7. The molecule has 0 spiro atoms. The highest BCUT2D eigenvalue weighted by Crippen LogP contribution is 2.28. The molecule has 0 radical (unpaired) electrons. The number of halogens is 1. The van der Waals surface area contributed by atoms with Gasteiger partial charge in [-0.25, -0.2) is 9.18 Å². The molecule has 2 amide bonds. The van der Waals surface area contributed by atoms with Crippen LogP contribution in [0.25, 0.3) is 0 Å². The Balaban J connectivity index is 1.66. The third-order valence-electron chi connectivity index (χ3n) is 4.77. The number of urea groups is 1. The highest BCUT2D eigenvalue weighted by Gasteiger charge is 2.22. The summed E-state index contributed by atoms with van der Waals surface area (Å²) < 4.78 is 13.7. The summed E-state index contributed by atoms with van der Waals surface area (Å²) >= 11 is 0. The summed E-state index contributed by atoms with van der Waals surface area (Å²) in [6.07, 6.45) is 4.47. The highest BCUT2D eigenvalue weighted by molar-refractivity contribution is 5.93. The van der Waals surface area contributed by atoms with Gasteiger partial charge in [-0.2, -0.15) is 0 Å². The fraction of sp³-hybridized carbons (Fsp3) is 0.500. The van der Waals surface area contributed by atoms with Crippen LogP contribution in [0.1, 0.15) is 6.42 Å². The molecule has 0 bridgehead atoms. The summed E-state index contributed by atoms with van der Waals surface area (Å²) in [5, 5.41) is 14.8. The molecule has 2 atom stereocenters. The lowest BCUT2D eigenvalue weighted by Gasteiger charge is -2.35. The number of nitrogens with zero attached hydrogens (tertiary/aromatic N) is 2. The minimum Gasteiger partial charge on any atom is -0.396 e. The van der Waals surface area contributed by atoms with E-state index in [0.29, 0.717) is 12.1 Å². The molecule has 1 aliphatic heterocycles. The van der Waals surface area contributed by atoms with Crippen LogP contribution in [0.15, 0.2) is 30.4 Å². The molecule has 7 heteroatoms. The number of rotatable bonds is 4. The van der Waals surface area contributed by atoms with Gasteiger partial charge in [-0.05, 0) is 31.7 Å². The molecule has 3 N–H and O–H groups in total. The Kier molecular flexibility index (Phi) is 5.55. The van der Waals surface area contributed by atoms with Gasteiger partial charge in [0.25, 0.3) is 0 Å². The van der Waals surface area contributed by atoms with Crippen molar-refractivity contribution in [3.05, 3.63) is 36.2 Å². The molecule has 6 nitrogen and oxygen atoms in total. The molecule has 1 fully saturated rings. The lowest BCUT2D eigenvalue weighted by Crippen LogP contribution is -2.45. The Bertz CT molecular complexity index is 644. The van der Waals surface area contributed by atoms with Gasteiger partial charge in [0, 0.05) is 44.7 Å². The Morgan fingerprint density at radius 3 is 2.72 bits per heavy atom. The van der Waals surface area contributed by atoms with Crippen LogP contribution in [-0.2, 0) is 0 Å². The number of carbonyl (C=O) groups is 1. The van der Waals surface area contributed by atoms with Gasteiger partial charge < -0.3 is 25.5 Å². The molecule has 0 aromatic heterocycles. The van der Waals surface area contributed by atoms with Crippen molar-refractivity contribution in [3.8, 4) is 0 Å². The van der Waals surface area contributed by atoms with Crippen molar-refractivity contribution in [3.63, 3.8) is 0 Å². The van der Waals surface area contributed by atoms with Gasteiger partial charge in [0.05, 0.1) is 11.4 Å². The second-order valence-corrected chi connectivity index (χ2v) is 6.72. The zero-order chi connectivity index (χ0) is 17.8. The lowest BCUT2D eigenvalue weighted by molar-refractivity contribution is 0.238. The number of hydrogen-bond donors (Lipinski definition) is 3. The van der Waals surface area contributed by atoms with E-state index in [0.717, 1.165) is 31.9 Å². The van der Waals surface area contributed by atoms with E-state index in [4.69, 9.17) is 5.11 Å². The number of benzene rings is 1. The first-order valence-corrected chi connectivity index (χ1v) is 8.65. The molecular formula is C18H25FN4O2. The van der Waals surface area contributed by atoms with Gasteiger partial charge in [-0.1, -0.05) is 12.2 Å². The van der Waals surface area contributed by atoms with Gasteiger partial charge in [0.1, 0.15) is 5.82 Å². The molecule has 136 valence electrons. The van der Waals surface area contributed by atoms with Gasteiger partial charge in [0.2, 0.25) is 0 Å². The maximum atomic E-state index is 13.7. The van der Waals surface area contributed by atoms with Crippen molar-refractivity contribution in [2.45, 2.75) is 12.5 Å². The number of carbonyl (C=O) groups excluding carboxylic acids is 1.